The Morgan fingerprint density at radius 2 is 1.88 bits per heavy atom. The Bertz CT molecular complexity index is 950. The third kappa shape index (κ3) is 2.97. The van der Waals surface area contributed by atoms with Crippen molar-refractivity contribution in [1.29, 1.82) is 0 Å². The summed E-state index contributed by atoms with van der Waals surface area (Å²) < 4.78 is 0. The second-order valence-electron chi connectivity index (χ2n) is 7.76. The van der Waals surface area contributed by atoms with Gasteiger partial charge in [-0.1, -0.05) is 42.8 Å². The van der Waals surface area contributed by atoms with Crippen LogP contribution in [0, 0.1) is 5.92 Å². The highest BCUT2D eigenvalue weighted by Crippen LogP contribution is 2.41. The van der Waals surface area contributed by atoms with Crippen LogP contribution in [-0.2, 0) is 0 Å². The molecule has 2 atom stereocenters. The Morgan fingerprint density at radius 1 is 1.04 bits per heavy atom. The van der Waals surface area contributed by atoms with Crippen molar-refractivity contribution in [2.24, 2.45) is 5.92 Å². The molecule has 26 heavy (non-hydrogen) atoms. The minimum absolute atomic E-state index is 0.162. The minimum Gasteiger partial charge on any atom is -0.393 e. The van der Waals surface area contributed by atoms with E-state index in [4.69, 9.17) is 0 Å². The Balaban J connectivity index is 1.42. The van der Waals surface area contributed by atoms with Gasteiger partial charge in [-0.05, 0) is 60.4 Å². The number of aliphatic hydroxyl groups excluding tert-OH is 1. The summed E-state index contributed by atoms with van der Waals surface area (Å²) in [6.07, 6.45) is 11.8. The van der Waals surface area contributed by atoms with Crippen molar-refractivity contribution in [2.75, 3.05) is 0 Å². The number of aliphatic hydroxyl groups is 1. The van der Waals surface area contributed by atoms with E-state index in [0.717, 1.165) is 24.9 Å². The van der Waals surface area contributed by atoms with E-state index in [-0.39, 0.29) is 6.10 Å². The second kappa shape index (κ2) is 6.40. The zero-order chi connectivity index (χ0) is 17.5. The summed E-state index contributed by atoms with van der Waals surface area (Å²) in [5, 5.41) is 11.2. The molecule has 0 bridgehead atoms. The molecule has 0 spiro atoms. The third-order valence-electron chi connectivity index (χ3n) is 5.86. The van der Waals surface area contributed by atoms with E-state index in [9.17, 15) is 5.11 Å². The molecule has 0 radical (unpaired) electrons. The molecule has 0 aliphatic heterocycles. The van der Waals surface area contributed by atoms with Gasteiger partial charge in [-0.2, -0.15) is 0 Å². The number of fused-ring (bicyclic) bond motifs is 1. The molecular formula is C23H24N2O. The molecule has 1 aromatic carbocycles. The second-order valence-corrected chi connectivity index (χ2v) is 7.76. The maximum absolute atomic E-state index is 9.95. The number of aromatic amines is 1. The molecule has 0 amide bonds. The topological polar surface area (TPSA) is 48.9 Å². The standard InChI is InChI=1S/C23H24N2O/c26-22-3-1-2-18(22)9-6-15-4-7-16(8-5-15)19-12-13-24-23-20(19)14-21(25-23)17-10-11-17/h4-9,12-14,17-18,22,26H,1-3,10-11H2,(H,24,25)/b9-6-/t18-,22?/m1/s1. The molecule has 2 aliphatic rings. The lowest BCUT2D eigenvalue weighted by Crippen LogP contribution is -2.09. The molecule has 5 rings (SSSR count). The van der Waals surface area contributed by atoms with Crippen LogP contribution in [0.5, 0.6) is 0 Å². The molecule has 2 aromatic heterocycles. The number of benzene rings is 1. The smallest absolute Gasteiger partial charge is 0.138 e. The largest absolute Gasteiger partial charge is 0.393 e. The van der Waals surface area contributed by atoms with Gasteiger partial charge in [0.1, 0.15) is 5.65 Å². The fourth-order valence-corrected chi connectivity index (χ4v) is 4.12. The van der Waals surface area contributed by atoms with Crippen LogP contribution < -0.4 is 0 Å². The van der Waals surface area contributed by atoms with Crippen LogP contribution in [0.4, 0.5) is 0 Å². The Kier molecular flexibility index (Phi) is 3.90. The number of pyridine rings is 1. The van der Waals surface area contributed by atoms with Crippen LogP contribution in [-0.4, -0.2) is 21.2 Å². The van der Waals surface area contributed by atoms with Crippen molar-refractivity contribution in [3.63, 3.8) is 0 Å². The minimum atomic E-state index is -0.162. The first-order valence-corrected chi connectivity index (χ1v) is 9.72. The summed E-state index contributed by atoms with van der Waals surface area (Å²) in [5.74, 6) is 1.02. The van der Waals surface area contributed by atoms with E-state index in [0.29, 0.717) is 11.8 Å². The van der Waals surface area contributed by atoms with Crippen molar-refractivity contribution < 1.29 is 5.11 Å². The van der Waals surface area contributed by atoms with Crippen molar-refractivity contribution in [3.05, 3.63) is 59.9 Å². The first-order chi connectivity index (χ1) is 12.8. The van der Waals surface area contributed by atoms with E-state index in [1.54, 1.807) is 0 Å². The molecule has 3 nitrogen and oxygen atoms in total. The van der Waals surface area contributed by atoms with Gasteiger partial charge in [0, 0.05) is 23.2 Å². The summed E-state index contributed by atoms with van der Waals surface area (Å²) in [6, 6.07) is 13.1. The van der Waals surface area contributed by atoms with Crippen LogP contribution in [0.2, 0.25) is 0 Å². The van der Waals surface area contributed by atoms with E-state index in [1.807, 2.05) is 6.20 Å². The van der Waals surface area contributed by atoms with Crippen molar-refractivity contribution >= 4 is 17.1 Å². The normalized spacial score (nSPS) is 23.3. The van der Waals surface area contributed by atoms with Crippen LogP contribution >= 0.6 is 0 Å². The van der Waals surface area contributed by atoms with Gasteiger partial charge in [-0.25, -0.2) is 4.98 Å². The first-order valence-electron chi connectivity index (χ1n) is 9.72. The molecule has 2 fully saturated rings. The van der Waals surface area contributed by atoms with Gasteiger partial charge in [-0.3, -0.25) is 0 Å². The van der Waals surface area contributed by atoms with Gasteiger partial charge in [0.25, 0.3) is 0 Å². The van der Waals surface area contributed by atoms with Gasteiger partial charge in [0.2, 0.25) is 0 Å². The molecule has 2 aliphatic carbocycles. The zero-order valence-electron chi connectivity index (χ0n) is 14.9. The fraction of sp³-hybridized carbons (Fsp3) is 0.348. The number of nitrogens with zero attached hydrogens (tertiary/aromatic N) is 1. The predicted molar refractivity (Wildman–Crippen MR) is 106 cm³/mol. The first kappa shape index (κ1) is 15.8. The average molecular weight is 344 g/mol. The molecule has 3 aromatic rings. The van der Waals surface area contributed by atoms with Crippen LogP contribution in [0.15, 0.2) is 48.7 Å². The summed E-state index contributed by atoms with van der Waals surface area (Å²) >= 11 is 0. The van der Waals surface area contributed by atoms with Crippen molar-refractivity contribution in [1.82, 2.24) is 9.97 Å². The molecule has 2 saturated carbocycles. The van der Waals surface area contributed by atoms with E-state index in [2.05, 4.69) is 58.5 Å². The lowest BCUT2D eigenvalue weighted by molar-refractivity contribution is 0.153. The SMILES string of the molecule is OC1CCC[C@@H]1/C=C\c1ccc(-c2ccnc3[nH]c(C4CC4)cc23)cc1. The number of aromatic nitrogens is 2. The van der Waals surface area contributed by atoms with E-state index < -0.39 is 0 Å². The quantitative estimate of drug-likeness (QED) is 0.676. The predicted octanol–water partition coefficient (Wildman–Crippen LogP) is 5.28. The lowest BCUT2D eigenvalue weighted by Gasteiger charge is -2.08. The number of H-pyrrole nitrogens is 1. The van der Waals surface area contributed by atoms with E-state index >= 15 is 0 Å². The number of nitrogens with one attached hydrogen (secondary N) is 1. The average Bonchev–Trinajstić information content (AvgIpc) is 3.30. The molecular weight excluding hydrogens is 320 g/mol. The molecule has 132 valence electrons. The lowest BCUT2D eigenvalue weighted by atomic mass is 10.0. The number of hydrogen-bond donors (Lipinski definition) is 2. The summed E-state index contributed by atoms with van der Waals surface area (Å²) in [7, 11) is 0. The monoisotopic (exact) mass is 344 g/mol. The molecule has 2 heterocycles. The maximum Gasteiger partial charge on any atom is 0.138 e. The highest BCUT2D eigenvalue weighted by atomic mass is 16.3. The highest BCUT2D eigenvalue weighted by molar-refractivity contribution is 5.93. The van der Waals surface area contributed by atoms with E-state index in [1.165, 1.54) is 40.6 Å². The molecule has 3 heteroatoms. The fourth-order valence-electron chi connectivity index (χ4n) is 4.12. The molecule has 1 unspecified atom stereocenters. The van der Waals surface area contributed by atoms with Crippen molar-refractivity contribution in [2.45, 2.75) is 44.1 Å². The maximum atomic E-state index is 9.95. The molecule has 0 saturated heterocycles. The van der Waals surface area contributed by atoms with Gasteiger partial charge >= 0.3 is 0 Å². The summed E-state index contributed by atoms with van der Waals surface area (Å²) in [5.41, 5.74) is 5.96. The summed E-state index contributed by atoms with van der Waals surface area (Å²) in [6.45, 7) is 0. The Morgan fingerprint density at radius 3 is 2.62 bits per heavy atom. The van der Waals surface area contributed by atoms with Crippen LogP contribution in [0.3, 0.4) is 0 Å². The van der Waals surface area contributed by atoms with Crippen LogP contribution in [0.1, 0.15) is 49.3 Å². The Hall–Kier alpha value is -2.39. The van der Waals surface area contributed by atoms with Crippen LogP contribution in [0.25, 0.3) is 28.2 Å². The molecule has 2 N–H and O–H groups in total. The van der Waals surface area contributed by atoms with Gasteiger partial charge < -0.3 is 10.1 Å². The zero-order valence-corrected chi connectivity index (χ0v) is 14.9. The van der Waals surface area contributed by atoms with Gasteiger partial charge in [-0.15, -0.1) is 0 Å². The highest BCUT2D eigenvalue weighted by Gasteiger charge is 2.26. The van der Waals surface area contributed by atoms with Crippen molar-refractivity contribution in [3.8, 4) is 11.1 Å². The van der Waals surface area contributed by atoms with Gasteiger partial charge in [0.15, 0.2) is 0 Å². The Labute approximate surface area is 153 Å². The summed E-state index contributed by atoms with van der Waals surface area (Å²) in [4.78, 5) is 7.99. The number of hydrogen-bond acceptors (Lipinski definition) is 2. The third-order valence-corrected chi connectivity index (χ3v) is 5.86. The van der Waals surface area contributed by atoms with Gasteiger partial charge in [0.05, 0.1) is 6.10 Å². The number of rotatable bonds is 4.